The fraction of sp³-hybridized carbons (Fsp3) is 0.478. The van der Waals surface area contributed by atoms with Gasteiger partial charge in [-0.15, -0.1) is 0 Å². The van der Waals surface area contributed by atoms with Gasteiger partial charge in [0.1, 0.15) is 5.82 Å². The molecule has 158 valence electrons. The van der Waals surface area contributed by atoms with Crippen LogP contribution in [0.25, 0.3) is 22.2 Å². The van der Waals surface area contributed by atoms with Crippen molar-refractivity contribution in [3.05, 3.63) is 41.5 Å². The van der Waals surface area contributed by atoms with Gasteiger partial charge in [-0.25, -0.2) is 19.6 Å². The Bertz CT molecular complexity index is 1260. The van der Waals surface area contributed by atoms with E-state index in [0.717, 1.165) is 59.6 Å². The van der Waals surface area contributed by atoms with E-state index in [1.165, 1.54) is 12.8 Å². The van der Waals surface area contributed by atoms with E-state index >= 15 is 0 Å². The number of anilines is 1. The molecule has 8 nitrogen and oxygen atoms in total. The first-order chi connectivity index (χ1) is 15.2. The van der Waals surface area contributed by atoms with Crippen LogP contribution < -0.4 is 5.73 Å². The number of rotatable bonds is 4. The van der Waals surface area contributed by atoms with Crippen LogP contribution in [0.4, 0.5) is 5.82 Å². The van der Waals surface area contributed by atoms with Crippen molar-refractivity contribution in [1.82, 2.24) is 29.7 Å². The molecule has 3 aromatic heterocycles. The van der Waals surface area contributed by atoms with Gasteiger partial charge in [0.05, 0.1) is 40.7 Å². The lowest BCUT2D eigenvalue weighted by Gasteiger charge is -2.28. The second kappa shape index (κ2) is 6.50. The number of ether oxygens (including phenoxy) is 1. The smallest absolute Gasteiger partial charge is 0.179 e. The number of nitrogens with two attached hydrogens (primary N) is 1. The molecule has 2 saturated heterocycles. The minimum absolute atomic E-state index is 0.286. The van der Waals surface area contributed by atoms with Crippen LogP contribution in [0.1, 0.15) is 67.7 Å². The molecule has 4 aromatic rings. The highest BCUT2D eigenvalue weighted by Crippen LogP contribution is 2.43. The first-order valence-corrected chi connectivity index (χ1v) is 11.3. The zero-order valence-corrected chi connectivity index (χ0v) is 17.3. The molecule has 3 aliphatic rings. The molecule has 8 heteroatoms. The highest BCUT2D eigenvalue weighted by Gasteiger charge is 2.38. The number of aromatic amines is 1. The summed E-state index contributed by atoms with van der Waals surface area (Å²) >= 11 is 0. The van der Waals surface area contributed by atoms with Crippen molar-refractivity contribution in [2.75, 3.05) is 5.73 Å². The molecule has 0 spiro atoms. The van der Waals surface area contributed by atoms with Crippen molar-refractivity contribution < 1.29 is 4.74 Å². The van der Waals surface area contributed by atoms with Gasteiger partial charge < -0.3 is 15.5 Å². The maximum absolute atomic E-state index is 6.34. The molecular weight excluding hydrogens is 390 g/mol. The zero-order chi connectivity index (χ0) is 20.5. The lowest BCUT2D eigenvalue weighted by Crippen LogP contribution is -2.28. The normalized spacial score (nSPS) is 25.6. The molecule has 1 aliphatic carbocycles. The van der Waals surface area contributed by atoms with Gasteiger partial charge >= 0.3 is 0 Å². The van der Waals surface area contributed by atoms with Crippen molar-refractivity contribution in [1.29, 1.82) is 0 Å². The molecule has 2 unspecified atom stereocenters. The van der Waals surface area contributed by atoms with Crippen molar-refractivity contribution >= 4 is 28.0 Å². The molecule has 1 aromatic carbocycles. The summed E-state index contributed by atoms with van der Waals surface area (Å²) < 4.78 is 8.08. The predicted octanol–water partition coefficient (Wildman–Crippen LogP) is 3.64. The largest absolute Gasteiger partial charge is 0.380 e. The Labute approximate surface area is 179 Å². The number of H-pyrrole nitrogens is 1. The molecule has 1 saturated carbocycles. The molecule has 2 bridgehead atoms. The Morgan fingerprint density at radius 2 is 1.84 bits per heavy atom. The Balaban J connectivity index is 1.31. The highest BCUT2D eigenvalue weighted by molar-refractivity contribution is 5.82. The van der Waals surface area contributed by atoms with Gasteiger partial charge in [0.15, 0.2) is 17.0 Å². The third-order valence-corrected chi connectivity index (χ3v) is 7.00. The lowest BCUT2D eigenvalue weighted by molar-refractivity contribution is -0.0173. The van der Waals surface area contributed by atoms with Crippen molar-refractivity contribution in [3.63, 3.8) is 0 Å². The first kappa shape index (κ1) is 17.7. The standard InChI is InChI=1S/C23H25N7O/c24-22-21-23(30(29-22)13-9-14-7-8-15(10-13)31-14)28-20(12-5-6-12)18(27-21)11-19-25-16-3-1-2-4-17(16)26-19/h1-4,12-15H,5-11H2,(H2,24,29)(H,25,26). The zero-order valence-electron chi connectivity index (χ0n) is 17.3. The molecule has 2 atom stereocenters. The molecule has 31 heavy (non-hydrogen) atoms. The summed E-state index contributed by atoms with van der Waals surface area (Å²) in [4.78, 5) is 18.3. The van der Waals surface area contributed by atoms with E-state index in [2.05, 4.69) is 4.98 Å². The number of nitrogen functional groups attached to an aromatic ring is 1. The minimum Gasteiger partial charge on any atom is -0.380 e. The van der Waals surface area contributed by atoms with Crippen LogP contribution in [-0.4, -0.2) is 41.9 Å². The van der Waals surface area contributed by atoms with E-state index in [9.17, 15) is 0 Å². The number of nitrogens with zero attached hydrogens (tertiary/aromatic N) is 5. The monoisotopic (exact) mass is 415 g/mol. The number of hydrogen-bond donors (Lipinski definition) is 2. The second-order valence-electron chi connectivity index (χ2n) is 9.29. The number of benzene rings is 1. The van der Waals surface area contributed by atoms with E-state index in [-0.39, 0.29) is 6.04 Å². The number of nitrogens with one attached hydrogen (secondary N) is 1. The molecule has 3 N–H and O–H groups in total. The van der Waals surface area contributed by atoms with Gasteiger partial charge in [0.25, 0.3) is 0 Å². The number of para-hydroxylation sites is 2. The number of imidazole rings is 1. The van der Waals surface area contributed by atoms with Crippen LogP contribution >= 0.6 is 0 Å². The minimum atomic E-state index is 0.286. The summed E-state index contributed by atoms with van der Waals surface area (Å²) in [7, 11) is 0. The molecule has 0 radical (unpaired) electrons. The fourth-order valence-corrected chi connectivity index (χ4v) is 5.36. The Morgan fingerprint density at radius 1 is 1.03 bits per heavy atom. The fourth-order valence-electron chi connectivity index (χ4n) is 5.36. The quantitative estimate of drug-likeness (QED) is 0.527. The summed E-state index contributed by atoms with van der Waals surface area (Å²) in [6, 6.07) is 8.38. The summed E-state index contributed by atoms with van der Waals surface area (Å²) in [5.41, 5.74) is 12.0. The second-order valence-corrected chi connectivity index (χ2v) is 9.29. The van der Waals surface area contributed by atoms with E-state index < -0.39 is 0 Å². The topological polar surface area (TPSA) is 108 Å². The molecule has 5 heterocycles. The average Bonchev–Trinajstić information content (AvgIpc) is 3.35. The van der Waals surface area contributed by atoms with Crippen LogP contribution in [0.3, 0.4) is 0 Å². The van der Waals surface area contributed by atoms with Crippen molar-refractivity contribution in [2.45, 2.75) is 69.1 Å². The van der Waals surface area contributed by atoms with Gasteiger partial charge in [-0.1, -0.05) is 12.1 Å². The van der Waals surface area contributed by atoms with Crippen LogP contribution in [0.2, 0.25) is 0 Å². The van der Waals surface area contributed by atoms with E-state index in [0.29, 0.717) is 35.9 Å². The van der Waals surface area contributed by atoms with E-state index in [4.69, 9.17) is 30.5 Å². The Morgan fingerprint density at radius 3 is 2.61 bits per heavy atom. The van der Waals surface area contributed by atoms with Crippen LogP contribution in [-0.2, 0) is 11.2 Å². The molecule has 0 amide bonds. The Kier molecular flexibility index (Phi) is 3.70. The number of fused-ring (bicyclic) bond motifs is 4. The van der Waals surface area contributed by atoms with Crippen molar-refractivity contribution in [2.24, 2.45) is 0 Å². The number of hydrogen-bond acceptors (Lipinski definition) is 6. The maximum atomic E-state index is 6.34. The molecule has 3 fully saturated rings. The first-order valence-electron chi connectivity index (χ1n) is 11.3. The summed E-state index contributed by atoms with van der Waals surface area (Å²) in [5, 5.41) is 4.70. The maximum Gasteiger partial charge on any atom is 0.179 e. The SMILES string of the molecule is Nc1nn(C2CC3CCC(C2)O3)c2nc(C3CC3)c(Cc3nc4ccccc4[nH]3)nc12. The van der Waals surface area contributed by atoms with E-state index in [1.54, 1.807) is 0 Å². The van der Waals surface area contributed by atoms with Crippen LogP contribution in [0, 0.1) is 0 Å². The lowest BCUT2D eigenvalue weighted by atomic mass is 10.0. The molecule has 7 rings (SSSR count). The average molecular weight is 416 g/mol. The van der Waals surface area contributed by atoms with Crippen LogP contribution in [0.15, 0.2) is 24.3 Å². The number of aromatic nitrogens is 6. The van der Waals surface area contributed by atoms with E-state index in [1.807, 2.05) is 28.9 Å². The third kappa shape index (κ3) is 2.92. The Hall–Kier alpha value is -3.00. The van der Waals surface area contributed by atoms with Gasteiger partial charge in [0, 0.05) is 12.3 Å². The third-order valence-electron chi connectivity index (χ3n) is 7.00. The van der Waals surface area contributed by atoms with Crippen LogP contribution in [0.5, 0.6) is 0 Å². The van der Waals surface area contributed by atoms with Gasteiger partial charge in [0.2, 0.25) is 0 Å². The van der Waals surface area contributed by atoms with Gasteiger partial charge in [-0.3, -0.25) is 0 Å². The summed E-state index contributed by atoms with van der Waals surface area (Å²) in [6.45, 7) is 0. The predicted molar refractivity (Wildman–Crippen MR) is 117 cm³/mol. The van der Waals surface area contributed by atoms with Gasteiger partial charge in [-0.2, -0.15) is 5.10 Å². The molecular formula is C23H25N7O. The highest BCUT2D eigenvalue weighted by atomic mass is 16.5. The van der Waals surface area contributed by atoms with Crippen molar-refractivity contribution in [3.8, 4) is 0 Å². The molecule has 2 aliphatic heterocycles. The summed E-state index contributed by atoms with van der Waals surface area (Å²) in [5.74, 6) is 1.85. The summed E-state index contributed by atoms with van der Waals surface area (Å²) in [6.07, 6.45) is 7.89. The van der Waals surface area contributed by atoms with Gasteiger partial charge in [-0.05, 0) is 50.7 Å².